The van der Waals surface area contributed by atoms with E-state index in [0.29, 0.717) is 0 Å². The molecule has 0 saturated heterocycles. The highest BCUT2D eigenvalue weighted by molar-refractivity contribution is 8.13. The zero-order chi connectivity index (χ0) is 27.4. The van der Waals surface area contributed by atoms with Crippen molar-refractivity contribution >= 4 is 20.0 Å². The van der Waals surface area contributed by atoms with E-state index in [1.165, 1.54) is 74.8 Å². The van der Waals surface area contributed by atoms with Gasteiger partial charge in [0.1, 0.15) is 6.54 Å². The molecule has 0 aliphatic carbocycles. The summed E-state index contributed by atoms with van der Waals surface area (Å²) in [5.41, 5.74) is -10.9. The van der Waals surface area contributed by atoms with E-state index in [0.717, 1.165) is 4.13 Å². The zero-order valence-corrected chi connectivity index (χ0v) is 21.7. The number of rotatable bonds is 13. The van der Waals surface area contributed by atoms with E-state index in [-0.39, 0.29) is 0 Å². The third kappa shape index (κ3) is 11.9. The Morgan fingerprint density at radius 1 is 0.686 bits per heavy atom. The molecule has 0 atom stereocenters. The molecule has 1 aromatic rings. The molecule has 0 saturated carbocycles. The van der Waals surface area contributed by atoms with E-state index in [2.05, 4.69) is 51.1 Å². The summed E-state index contributed by atoms with van der Waals surface area (Å²) in [6, 6.07) is 11.1. The van der Waals surface area contributed by atoms with Gasteiger partial charge in [0.15, 0.2) is 20.0 Å². The van der Waals surface area contributed by atoms with E-state index < -0.39 is 31.1 Å². The van der Waals surface area contributed by atoms with Crippen molar-refractivity contribution in [2.75, 3.05) is 19.6 Å². The van der Waals surface area contributed by atoms with Gasteiger partial charge in [-0.3, -0.25) is 0 Å². The van der Waals surface area contributed by atoms with Gasteiger partial charge in [0.05, 0.1) is 19.6 Å². The molecule has 0 spiro atoms. The second-order valence-corrected chi connectivity index (χ2v) is 11.6. The fourth-order valence-electron chi connectivity index (χ4n) is 3.24. The van der Waals surface area contributed by atoms with Crippen molar-refractivity contribution < 1.29 is 47.7 Å². The smallest absolute Gasteiger partial charge is 0.421 e. The summed E-state index contributed by atoms with van der Waals surface area (Å²) < 4.78 is 110. The summed E-state index contributed by atoms with van der Waals surface area (Å²) in [7, 11) is -13.4. The van der Waals surface area contributed by atoms with Crippen molar-refractivity contribution in [2.45, 2.75) is 76.9 Å². The molecule has 0 aliphatic heterocycles. The quantitative estimate of drug-likeness (QED) is 0.206. The van der Waals surface area contributed by atoms with Crippen LogP contribution in [0.2, 0.25) is 0 Å². The Bertz CT molecular complexity index is 871. The number of halogens is 6. The van der Waals surface area contributed by atoms with E-state index in [1.807, 2.05) is 0 Å². The highest BCUT2D eigenvalue weighted by atomic mass is 32.3. The van der Waals surface area contributed by atoms with Crippen LogP contribution in [0.5, 0.6) is 0 Å². The first-order chi connectivity index (χ1) is 16.0. The number of alkyl halides is 6. The lowest BCUT2D eigenvalue weighted by Gasteiger charge is -2.39. The van der Waals surface area contributed by atoms with E-state index in [1.54, 1.807) is 0 Å². The summed E-state index contributed by atoms with van der Waals surface area (Å²) in [6.45, 7) is 12.2. The van der Waals surface area contributed by atoms with Crippen molar-refractivity contribution in [3.8, 4) is 0 Å². The number of hydrogen-bond donors (Lipinski definition) is 0. The average Bonchev–Trinajstić information content (AvgIpc) is 2.73. The molecule has 0 amide bonds. The van der Waals surface area contributed by atoms with Crippen LogP contribution in [-0.4, -0.2) is 52.0 Å². The van der Waals surface area contributed by atoms with Gasteiger partial charge in [-0.25, -0.2) is 16.8 Å². The Labute approximate surface area is 204 Å². The Hall–Kier alpha value is -1.38. The molecule has 0 bridgehead atoms. The summed E-state index contributed by atoms with van der Waals surface area (Å²) in [5.74, 6) is 0. The van der Waals surface area contributed by atoms with Gasteiger partial charge in [-0.05, 0) is 19.3 Å². The molecule has 0 aromatic heterocycles. The number of quaternary nitrogens is 1. The van der Waals surface area contributed by atoms with Crippen molar-refractivity contribution in [2.24, 2.45) is 0 Å². The zero-order valence-electron chi connectivity index (χ0n) is 20.1. The second-order valence-electron chi connectivity index (χ2n) is 8.13. The molecule has 14 heteroatoms. The Kier molecular flexibility index (Phi) is 13.8. The SMILES string of the molecule is CCCC[N+](CCCC)(CCCC)Cc1ccccc1.O=S(=O)([N-]S(=O)(=O)C(F)(F)F)C(F)(F)F. The number of benzene rings is 1. The van der Waals surface area contributed by atoms with Crippen LogP contribution in [0.3, 0.4) is 0 Å². The predicted octanol–water partition coefficient (Wildman–Crippen LogP) is 6.46. The highest BCUT2D eigenvalue weighted by Crippen LogP contribution is 2.36. The maximum Gasteiger partial charge on any atom is 0.480 e. The van der Waals surface area contributed by atoms with Gasteiger partial charge in [0.2, 0.25) is 0 Å². The highest BCUT2D eigenvalue weighted by Gasteiger charge is 2.46. The van der Waals surface area contributed by atoms with Crippen molar-refractivity contribution in [3.63, 3.8) is 0 Å². The second kappa shape index (κ2) is 14.4. The van der Waals surface area contributed by atoms with Crippen LogP contribution in [0, 0.1) is 0 Å². The molecule has 1 aromatic carbocycles. The largest absolute Gasteiger partial charge is 0.480 e. The van der Waals surface area contributed by atoms with Crippen LogP contribution in [0.1, 0.15) is 64.9 Å². The fourth-order valence-corrected chi connectivity index (χ4v) is 4.95. The van der Waals surface area contributed by atoms with E-state index in [4.69, 9.17) is 0 Å². The first kappa shape index (κ1) is 33.6. The first-order valence-electron chi connectivity index (χ1n) is 11.2. The van der Waals surface area contributed by atoms with Gasteiger partial charge in [-0.2, -0.15) is 26.3 Å². The lowest BCUT2D eigenvalue weighted by atomic mass is 10.1. The van der Waals surface area contributed by atoms with Gasteiger partial charge in [0, 0.05) is 5.56 Å². The molecule has 0 N–H and O–H groups in total. The molecule has 0 heterocycles. The van der Waals surface area contributed by atoms with E-state index >= 15 is 0 Å². The monoisotopic (exact) mass is 556 g/mol. The number of unbranched alkanes of at least 4 members (excludes halogenated alkanes) is 3. The third-order valence-corrected chi connectivity index (χ3v) is 7.84. The summed E-state index contributed by atoms with van der Waals surface area (Å²) >= 11 is 0. The van der Waals surface area contributed by atoms with Gasteiger partial charge in [-0.15, -0.1) is 0 Å². The minimum Gasteiger partial charge on any atom is -0.421 e. The molecule has 0 radical (unpaired) electrons. The molecular formula is C21H34F6N2O4S2. The summed E-state index contributed by atoms with van der Waals surface area (Å²) in [6.07, 6.45) is 8.02. The minimum absolute atomic E-state index is 0.778. The third-order valence-electron chi connectivity index (χ3n) is 5.10. The number of hydrogen-bond acceptors (Lipinski definition) is 4. The number of nitrogens with zero attached hydrogens (tertiary/aromatic N) is 2. The molecule has 6 nitrogen and oxygen atoms in total. The normalized spacial score (nSPS) is 13.3. The van der Waals surface area contributed by atoms with Crippen molar-refractivity contribution in [3.05, 3.63) is 40.0 Å². The summed E-state index contributed by atoms with van der Waals surface area (Å²) in [4.78, 5) is 0. The maximum absolute atomic E-state index is 11.4. The fraction of sp³-hybridized carbons (Fsp3) is 0.714. The molecular weight excluding hydrogens is 522 g/mol. The Morgan fingerprint density at radius 3 is 1.31 bits per heavy atom. The standard InChI is InChI=1S/C19H34N.C2F6NO4S2/c1-4-7-15-20(16-8-5-2,17-9-6-3)18-19-13-11-10-12-14-19;3-1(4,5)14(10,11)9-15(12,13)2(6,7)8/h10-14H,4-9,15-18H2,1-3H3;/q+1;-1. The van der Waals surface area contributed by atoms with Gasteiger partial charge >= 0.3 is 11.0 Å². The van der Waals surface area contributed by atoms with E-state index in [9.17, 15) is 43.2 Å². The van der Waals surface area contributed by atoms with Crippen molar-refractivity contribution in [1.29, 1.82) is 0 Å². The Balaban J connectivity index is 0.000000691. The molecule has 0 unspecified atom stereocenters. The number of sulfonamides is 2. The maximum atomic E-state index is 11.4. The summed E-state index contributed by atoms with van der Waals surface area (Å²) in [5, 5.41) is 0. The molecule has 0 fully saturated rings. The molecule has 0 aliphatic rings. The lowest BCUT2D eigenvalue weighted by Crippen LogP contribution is -2.49. The average molecular weight is 557 g/mol. The minimum atomic E-state index is -6.72. The lowest BCUT2D eigenvalue weighted by molar-refractivity contribution is -0.941. The van der Waals surface area contributed by atoms with Crippen LogP contribution in [0.4, 0.5) is 26.3 Å². The van der Waals surface area contributed by atoms with Crippen LogP contribution in [0.25, 0.3) is 4.13 Å². The first-order valence-corrected chi connectivity index (χ1v) is 14.1. The van der Waals surface area contributed by atoms with Crippen LogP contribution >= 0.6 is 0 Å². The van der Waals surface area contributed by atoms with Crippen molar-refractivity contribution in [1.82, 2.24) is 0 Å². The Morgan fingerprint density at radius 2 is 1.03 bits per heavy atom. The van der Waals surface area contributed by atoms with Gasteiger partial charge < -0.3 is 8.61 Å². The topological polar surface area (TPSA) is 82.4 Å². The van der Waals surface area contributed by atoms with Gasteiger partial charge in [-0.1, -0.05) is 70.4 Å². The molecule has 35 heavy (non-hydrogen) atoms. The van der Waals surface area contributed by atoms with Crippen LogP contribution < -0.4 is 0 Å². The molecule has 1 rings (SSSR count). The molecule has 206 valence electrons. The predicted molar refractivity (Wildman–Crippen MR) is 123 cm³/mol. The van der Waals surface area contributed by atoms with Crippen LogP contribution in [-0.2, 0) is 26.6 Å². The van der Waals surface area contributed by atoms with Crippen LogP contribution in [0.15, 0.2) is 30.3 Å². The van der Waals surface area contributed by atoms with Gasteiger partial charge in [0.25, 0.3) is 0 Å².